The lowest BCUT2D eigenvalue weighted by atomic mass is 10.2. The number of methoxy groups -OCH3 is 1. The summed E-state index contributed by atoms with van der Waals surface area (Å²) in [7, 11) is 1.22. The minimum Gasteiger partial charge on any atom is -0.466 e. The van der Waals surface area contributed by atoms with Gasteiger partial charge in [-0.25, -0.2) is 9.18 Å². The largest absolute Gasteiger partial charge is 0.466 e. The number of amidine groups is 1. The van der Waals surface area contributed by atoms with Crippen LogP contribution in [0, 0.1) is 5.82 Å². The Balaban J connectivity index is 2.13. The molecule has 120 valence electrons. The first-order chi connectivity index (χ1) is 10.9. The van der Waals surface area contributed by atoms with Crippen molar-refractivity contribution in [1.29, 1.82) is 0 Å². The van der Waals surface area contributed by atoms with Gasteiger partial charge in [-0.05, 0) is 39.8 Å². The van der Waals surface area contributed by atoms with Gasteiger partial charge < -0.3 is 4.74 Å². The number of rotatable bonds is 3. The smallest absolute Gasteiger partial charge is 0.331 e. The molecule has 1 aliphatic rings. The van der Waals surface area contributed by atoms with E-state index in [0.29, 0.717) is 14.5 Å². The molecule has 0 radical (unpaired) electrons. The van der Waals surface area contributed by atoms with Crippen LogP contribution in [0.1, 0.15) is 5.56 Å². The molecular weight excluding hydrogens is 457 g/mol. The molecule has 0 bridgehead atoms. The highest BCUT2D eigenvalue weighted by molar-refractivity contribution is 9.11. The molecule has 1 aromatic rings. The lowest BCUT2D eigenvalue weighted by molar-refractivity contribution is -0.135. The molecule has 1 aliphatic heterocycles. The van der Waals surface area contributed by atoms with Crippen LogP contribution < -0.4 is 5.32 Å². The number of amides is 1. The molecule has 1 fully saturated rings. The fourth-order valence-corrected chi connectivity index (χ4v) is 2.94. The molecule has 0 spiro atoms. The second-order valence-corrected chi connectivity index (χ2v) is 6.76. The van der Waals surface area contributed by atoms with Crippen LogP contribution in [0.15, 0.2) is 42.3 Å². The fourth-order valence-electron chi connectivity index (χ4n) is 1.42. The molecule has 2 rings (SSSR count). The summed E-state index contributed by atoms with van der Waals surface area (Å²) in [6.07, 6.45) is 2.47. The molecule has 0 aromatic heterocycles. The summed E-state index contributed by atoms with van der Waals surface area (Å²) in [6, 6.07) is 2.83. The van der Waals surface area contributed by atoms with E-state index >= 15 is 0 Å². The highest BCUT2D eigenvalue weighted by Crippen LogP contribution is 2.25. The third-order valence-electron chi connectivity index (χ3n) is 2.49. The molecule has 0 atom stereocenters. The average molecular weight is 465 g/mol. The van der Waals surface area contributed by atoms with E-state index in [9.17, 15) is 14.0 Å². The zero-order chi connectivity index (χ0) is 17.0. The van der Waals surface area contributed by atoms with Crippen LogP contribution in [-0.4, -0.2) is 30.4 Å². The second kappa shape index (κ2) is 7.84. The van der Waals surface area contributed by atoms with Crippen LogP contribution in [0.3, 0.4) is 0 Å². The van der Waals surface area contributed by atoms with Gasteiger partial charge in [-0.2, -0.15) is 5.10 Å². The van der Waals surface area contributed by atoms with Gasteiger partial charge in [-0.3, -0.25) is 10.1 Å². The number of nitrogens with one attached hydrogen (secondary N) is 1. The monoisotopic (exact) mass is 463 g/mol. The lowest BCUT2D eigenvalue weighted by Gasteiger charge is -1.99. The van der Waals surface area contributed by atoms with Gasteiger partial charge >= 0.3 is 5.97 Å². The van der Waals surface area contributed by atoms with Crippen molar-refractivity contribution in [2.45, 2.75) is 0 Å². The van der Waals surface area contributed by atoms with Crippen LogP contribution in [0.5, 0.6) is 0 Å². The number of nitrogens with zero attached hydrogens (tertiary/aromatic N) is 2. The maximum Gasteiger partial charge on any atom is 0.331 e. The predicted octanol–water partition coefficient (Wildman–Crippen LogP) is 2.96. The first-order valence-corrected chi connectivity index (χ1v) is 8.35. The van der Waals surface area contributed by atoms with Crippen molar-refractivity contribution in [3.8, 4) is 0 Å². The number of halogens is 3. The second-order valence-electron chi connectivity index (χ2n) is 4.03. The molecule has 1 N–H and O–H groups in total. The van der Waals surface area contributed by atoms with Crippen molar-refractivity contribution < 1.29 is 18.7 Å². The first kappa shape index (κ1) is 17.8. The van der Waals surface area contributed by atoms with Crippen LogP contribution in [0.25, 0.3) is 0 Å². The molecule has 23 heavy (non-hydrogen) atoms. The number of ether oxygens (including phenoxy) is 1. The Kier molecular flexibility index (Phi) is 6.08. The van der Waals surface area contributed by atoms with Gasteiger partial charge in [0.1, 0.15) is 5.82 Å². The van der Waals surface area contributed by atoms with Gasteiger partial charge in [0.25, 0.3) is 5.91 Å². The number of hydrogen-bond donors (Lipinski definition) is 1. The number of hydrogen-bond acceptors (Lipinski definition) is 6. The summed E-state index contributed by atoms with van der Waals surface area (Å²) >= 11 is 7.25. The van der Waals surface area contributed by atoms with E-state index in [1.54, 1.807) is 0 Å². The zero-order valence-corrected chi connectivity index (χ0v) is 15.5. The van der Waals surface area contributed by atoms with Gasteiger partial charge in [0.05, 0.1) is 22.7 Å². The maximum absolute atomic E-state index is 13.3. The van der Waals surface area contributed by atoms with E-state index in [4.69, 9.17) is 0 Å². The third kappa shape index (κ3) is 4.72. The standard InChI is InChI=1S/C13H8Br2FN3O3S/c1-22-11(20)4-10-12(21)18-13(23-10)19-17-5-6-2-8(15)9(16)3-7(6)14/h2-5H,1H3,(H,18,19,21)/b10-4+,17-5?. The third-order valence-corrected chi connectivity index (χ3v) is 4.68. The fraction of sp³-hybridized carbons (Fsp3) is 0.0769. The van der Waals surface area contributed by atoms with Crippen molar-refractivity contribution in [3.63, 3.8) is 0 Å². The lowest BCUT2D eigenvalue weighted by Crippen LogP contribution is -2.19. The van der Waals surface area contributed by atoms with E-state index in [0.717, 1.165) is 17.8 Å². The summed E-state index contributed by atoms with van der Waals surface area (Å²) in [5.74, 6) is -1.50. The van der Waals surface area contributed by atoms with E-state index < -0.39 is 17.7 Å². The predicted molar refractivity (Wildman–Crippen MR) is 92.7 cm³/mol. The Morgan fingerprint density at radius 1 is 1.39 bits per heavy atom. The Morgan fingerprint density at radius 2 is 2.13 bits per heavy atom. The number of esters is 1. The minimum absolute atomic E-state index is 0.163. The molecule has 6 nitrogen and oxygen atoms in total. The van der Waals surface area contributed by atoms with E-state index in [1.807, 2.05) is 0 Å². The van der Waals surface area contributed by atoms with E-state index in [-0.39, 0.29) is 10.1 Å². The molecule has 1 saturated heterocycles. The quantitative estimate of drug-likeness (QED) is 0.245. The zero-order valence-electron chi connectivity index (χ0n) is 11.5. The maximum atomic E-state index is 13.3. The Labute approximate surface area is 151 Å². The minimum atomic E-state index is -0.632. The molecule has 1 heterocycles. The summed E-state index contributed by atoms with van der Waals surface area (Å²) < 4.78 is 18.6. The Morgan fingerprint density at radius 3 is 2.83 bits per heavy atom. The number of benzene rings is 1. The molecule has 1 amide bonds. The summed E-state index contributed by atoms with van der Waals surface area (Å²) in [6.45, 7) is 0. The van der Waals surface area contributed by atoms with Crippen LogP contribution >= 0.6 is 43.6 Å². The first-order valence-electron chi connectivity index (χ1n) is 5.95. The number of carbonyl (C=O) groups is 2. The molecule has 1 aromatic carbocycles. The van der Waals surface area contributed by atoms with Crippen molar-refractivity contribution in [1.82, 2.24) is 5.32 Å². The molecule has 0 saturated carbocycles. The van der Waals surface area contributed by atoms with Crippen LogP contribution in [0.2, 0.25) is 0 Å². The van der Waals surface area contributed by atoms with Crippen molar-refractivity contribution in [2.24, 2.45) is 10.2 Å². The molecular formula is C13H8Br2FN3O3S. The topological polar surface area (TPSA) is 80.1 Å². The summed E-state index contributed by atoms with van der Waals surface area (Å²) in [5.41, 5.74) is 0.599. The average Bonchev–Trinajstić information content (AvgIpc) is 2.84. The van der Waals surface area contributed by atoms with Gasteiger partial charge in [0.2, 0.25) is 0 Å². The number of thioether (sulfide) groups is 1. The van der Waals surface area contributed by atoms with Gasteiger partial charge in [-0.15, -0.1) is 5.10 Å². The SMILES string of the molecule is COC(=O)/C=C1/S/C(=N\N=Cc2cc(Br)c(F)cc2Br)NC1=O. The van der Waals surface area contributed by atoms with Gasteiger partial charge in [0, 0.05) is 16.1 Å². The van der Waals surface area contributed by atoms with Crippen LogP contribution in [0.4, 0.5) is 4.39 Å². The van der Waals surface area contributed by atoms with Gasteiger partial charge in [-0.1, -0.05) is 15.9 Å². The normalized spacial score (nSPS) is 18.0. The van der Waals surface area contributed by atoms with Crippen molar-refractivity contribution in [3.05, 3.63) is 43.4 Å². The highest BCUT2D eigenvalue weighted by Gasteiger charge is 2.24. The Bertz CT molecular complexity index is 765. The van der Waals surface area contributed by atoms with Gasteiger partial charge in [0.15, 0.2) is 5.17 Å². The van der Waals surface area contributed by atoms with Crippen LogP contribution in [-0.2, 0) is 14.3 Å². The highest BCUT2D eigenvalue weighted by atomic mass is 79.9. The van der Waals surface area contributed by atoms with Crippen molar-refractivity contribution >= 4 is 66.9 Å². The summed E-state index contributed by atoms with van der Waals surface area (Å²) in [5, 5.41) is 10.4. The van der Waals surface area contributed by atoms with Crippen molar-refractivity contribution in [2.75, 3.05) is 7.11 Å². The molecule has 0 unspecified atom stereocenters. The Hall–Kier alpha value is -1.52. The number of carbonyl (C=O) groups excluding carboxylic acids is 2. The van der Waals surface area contributed by atoms with E-state index in [1.165, 1.54) is 25.5 Å². The summed E-state index contributed by atoms with van der Waals surface area (Å²) in [4.78, 5) is 22.9. The van der Waals surface area contributed by atoms with E-state index in [2.05, 4.69) is 52.1 Å². The molecule has 0 aliphatic carbocycles. The molecule has 10 heteroatoms.